The van der Waals surface area contributed by atoms with Gasteiger partial charge in [-0.2, -0.15) is 4.98 Å². The van der Waals surface area contributed by atoms with Gasteiger partial charge in [0.25, 0.3) is 11.6 Å². The van der Waals surface area contributed by atoms with Crippen molar-refractivity contribution in [2.45, 2.75) is 6.92 Å². The minimum Gasteiger partial charge on any atom is -0.456 e. The van der Waals surface area contributed by atoms with Gasteiger partial charge in [0.15, 0.2) is 0 Å². The molecule has 0 aliphatic heterocycles. The molecule has 0 aliphatic carbocycles. The molecule has 8 nitrogen and oxygen atoms in total. The third-order valence-corrected chi connectivity index (χ3v) is 4.06. The van der Waals surface area contributed by atoms with Gasteiger partial charge in [0.2, 0.25) is 5.82 Å². The molecule has 0 radical (unpaired) electrons. The summed E-state index contributed by atoms with van der Waals surface area (Å²) in [5, 5.41) is 15.1. The topological polar surface area (TPSA) is 104 Å². The van der Waals surface area contributed by atoms with E-state index >= 15 is 0 Å². The molecule has 2 heterocycles. The number of aromatic nitrogens is 3. The van der Waals surface area contributed by atoms with Crippen LogP contribution in [0.5, 0.6) is 11.5 Å². The van der Waals surface area contributed by atoms with Crippen molar-refractivity contribution in [2.75, 3.05) is 0 Å². The van der Waals surface area contributed by atoms with E-state index in [0.29, 0.717) is 34.1 Å². The van der Waals surface area contributed by atoms with E-state index in [1.165, 1.54) is 6.07 Å². The Morgan fingerprint density at radius 2 is 1.82 bits per heavy atom. The van der Waals surface area contributed by atoms with Gasteiger partial charge in [-0.15, -0.1) is 0 Å². The first-order chi connectivity index (χ1) is 13.6. The van der Waals surface area contributed by atoms with Gasteiger partial charge >= 0.3 is 0 Å². The highest BCUT2D eigenvalue weighted by Crippen LogP contribution is 2.28. The maximum Gasteiger partial charge on any atom is 0.273 e. The summed E-state index contributed by atoms with van der Waals surface area (Å²) in [6.45, 7) is 1.68. The molecule has 0 amide bonds. The van der Waals surface area contributed by atoms with E-state index in [4.69, 9.17) is 9.26 Å². The Bertz CT molecular complexity index is 1120. The van der Waals surface area contributed by atoms with Crippen LogP contribution in [0.4, 0.5) is 5.69 Å². The first-order valence-electron chi connectivity index (χ1n) is 8.37. The molecular weight excluding hydrogens is 360 g/mol. The average molecular weight is 374 g/mol. The zero-order valence-corrected chi connectivity index (χ0v) is 14.8. The third-order valence-electron chi connectivity index (χ3n) is 4.06. The number of pyridine rings is 1. The molecule has 0 aliphatic rings. The molecule has 0 unspecified atom stereocenters. The highest BCUT2D eigenvalue weighted by Gasteiger charge is 2.16. The van der Waals surface area contributed by atoms with E-state index in [0.717, 1.165) is 0 Å². The van der Waals surface area contributed by atoms with Crippen LogP contribution in [0.2, 0.25) is 0 Å². The highest BCUT2D eigenvalue weighted by molar-refractivity contribution is 5.63. The molecule has 138 valence electrons. The zero-order valence-electron chi connectivity index (χ0n) is 14.8. The molecule has 2 aromatic heterocycles. The number of rotatable bonds is 5. The van der Waals surface area contributed by atoms with Crippen LogP contribution in [0.1, 0.15) is 5.56 Å². The molecule has 28 heavy (non-hydrogen) atoms. The summed E-state index contributed by atoms with van der Waals surface area (Å²) in [7, 11) is 0. The highest BCUT2D eigenvalue weighted by atomic mass is 16.6. The fourth-order valence-corrected chi connectivity index (χ4v) is 2.61. The fraction of sp³-hybridized carbons (Fsp3) is 0.0500. The van der Waals surface area contributed by atoms with E-state index < -0.39 is 4.92 Å². The quantitative estimate of drug-likeness (QED) is 0.365. The number of nitro groups is 1. The second-order valence-corrected chi connectivity index (χ2v) is 6.00. The van der Waals surface area contributed by atoms with Crippen LogP contribution in [0, 0.1) is 17.0 Å². The number of hydrogen-bond acceptors (Lipinski definition) is 7. The first-order valence-corrected chi connectivity index (χ1v) is 8.37. The van der Waals surface area contributed by atoms with Crippen LogP contribution < -0.4 is 4.74 Å². The average Bonchev–Trinajstić information content (AvgIpc) is 3.20. The van der Waals surface area contributed by atoms with Gasteiger partial charge in [0.05, 0.1) is 11.1 Å². The lowest BCUT2D eigenvalue weighted by atomic mass is 10.1. The van der Waals surface area contributed by atoms with Crippen LogP contribution in [0.15, 0.2) is 71.5 Å². The molecule has 0 spiro atoms. The number of aryl methyl sites for hydroxylation is 1. The number of ether oxygens (including phenoxy) is 1. The summed E-state index contributed by atoms with van der Waals surface area (Å²) in [5.41, 5.74) is 1.81. The van der Waals surface area contributed by atoms with Crippen molar-refractivity contribution in [3.8, 4) is 34.3 Å². The summed E-state index contributed by atoms with van der Waals surface area (Å²) < 4.78 is 11.0. The molecule has 0 saturated carbocycles. The molecule has 0 bridgehead atoms. The summed E-state index contributed by atoms with van der Waals surface area (Å²) in [6.07, 6.45) is 3.30. The maximum atomic E-state index is 11.1. The predicted octanol–water partition coefficient (Wildman–Crippen LogP) is 4.81. The van der Waals surface area contributed by atoms with Gasteiger partial charge in [0, 0.05) is 29.0 Å². The lowest BCUT2D eigenvalue weighted by Gasteiger charge is -2.04. The van der Waals surface area contributed by atoms with Gasteiger partial charge in [-0.1, -0.05) is 17.3 Å². The van der Waals surface area contributed by atoms with E-state index in [1.54, 1.807) is 61.8 Å². The van der Waals surface area contributed by atoms with Crippen LogP contribution in [-0.4, -0.2) is 20.0 Å². The summed E-state index contributed by atoms with van der Waals surface area (Å²) >= 11 is 0. The van der Waals surface area contributed by atoms with Crippen LogP contribution in [-0.2, 0) is 0 Å². The lowest BCUT2D eigenvalue weighted by Crippen LogP contribution is -1.92. The van der Waals surface area contributed by atoms with E-state index in [-0.39, 0.29) is 11.5 Å². The molecule has 0 atom stereocenters. The Morgan fingerprint density at radius 3 is 2.54 bits per heavy atom. The van der Waals surface area contributed by atoms with Crippen molar-refractivity contribution in [3.05, 3.63) is 82.7 Å². The third kappa shape index (κ3) is 3.56. The lowest BCUT2D eigenvalue weighted by molar-refractivity contribution is -0.385. The largest absolute Gasteiger partial charge is 0.456 e. The standard InChI is InChI=1S/C20H14N4O4/c1-13-4-5-15(11-18(13)24(25)26)19-22-20(28-23-19)14-6-8-16(9-7-14)27-17-3-2-10-21-12-17/h2-12H,1H3. The van der Waals surface area contributed by atoms with Crippen molar-refractivity contribution in [2.24, 2.45) is 0 Å². The van der Waals surface area contributed by atoms with Gasteiger partial charge in [-0.3, -0.25) is 15.1 Å². The first kappa shape index (κ1) is 17.3. The molecular formula is C20H14N4O4. The number of nitrogens with zero attached hydrogens (tertiary/aromatic N) is 4. The number of nitro benzene ring substituents is 1. The van der Waals surface area contributed by atoms with Crippen LogP contribution >= 0.6 is 0 Å². The van der Waals surface area contributed by atoms with Crippen molar-refractivity contribution >= 4 is 5.69 Å². The second-order valence-electron chi connectivity index (χ2n) is 6.00. The molecule has 4 aromatic rings. The molecule has 0 fully saturated rings. The van der Waals surface area contributed by atoms with Crippen LogP contribution in [0.3, 0.4) is 0 Å². The molecule has 0 N–H and O–H groups in total. The minimum absolute atomic E-state index is 0.0146. The Morgan fingerprint density at radius 1 is 1.04 bits per heavy atom. The summed E-state index contributed by atoms with van der Waals surface area (Å²) in [4.78, 5) is 19.0. The Labute approximate surface area is 159 Å². The van der Waals surface area contributed by atoms with Crippen LogP contribution in [0.25, 0.3) is 22.8 Å². The van der Waals surface area contributed by atoms with Crippen molar-refractivity contribution in [1.82, 2.24) is 15.1 Å². The Hall–Kier alpha value is -4.07. The number of benzene rings is 2. The van der Waals surface area contributed by atoms with Crippen molar-refractivity contribution in [3.63, 3.8) is 0 Å². The second kappa shape index (κ2) is 7.28. The fourth-order valence-electron chi connectivity index (χ4n) is 2.61. The Balaban J connectivity index is 1.56. The van der Waals surface area contributed by atoms with E-state index in [1.807, 2.05) is 6.07 Å². The number of hydrogen-bond donors (Lipinski definition) is 0. The van der Waals surface area contributed by atoms with E-state index in [2.05, 4.69) is 15.1 Å². The van der Waals surface area contributed by atoms with Gasteiger partial charge in [0.1, 0.15) is 11.5 Å². The molecule has 2 aromatic carbocycles. The summed E-state index contributed by atoms with van der Waals surface area (Å²) in [6, 6.07) is 15.6. The molecule has 0 saturated heterocycles. The zero-order chi connectivity index (χ0) is 19.5. The maximum absolute atomic E-state index is 11.1. The molecule has 8 heteroatoms. The van der Waals surface area contributed by atoms with Gasteiger partial charge in [-0.25, -0.2) is 0 Å². The van der Waals surface area contributed by atoms with Gasteiger partial charge < -0.3 is 9.26 Å². The van der Waals surface area contributed by atoms with Crippen molar-refractivity contribution < 1.29 is 14.2 Å². The van der Waals surface area contributed by atoms with E-state index in [9.17, 15) is 10.1 Å². The minimum atomic E-state index is -0.430. The normalized spacial score (nSPS) is 10.6. The van der Waals surface area contributed by atoms with Crippen molar-refractivity contribution in [1.29, 1.82) is 0 Å². The SMILES string of the molecule is Cc1ccc(-c2noc(-c3ccc(Oc4cccnc4)cc3)n2)cc1[N+](=O)[O-]. The van der Waals surface area contributed by atoms with Gasteiger partial charge in [-0.05, 0) is 43.3 Å². The smallest absolute Gasteiger partial charge is 0.273 e. The Kier molecular flexibility index (Phi) is 4.51. The predicted molar refractivity (Wildman–Crippen MR) is 101 cm³/mol. The summed E-state index contributed by atoms with van der Waals surface area (Å²) in [5.74, 6) is 1.88. The monoisotopic (exact) mass is 374 g/mol. The molecule has 4 rings (SSSR count).